The molecule has 1 saturated heterocycles. The molecule has 0 spiro atoms. The Kier molecular flexibility index (Phi) is 4.82. The Hall–Kier alpha value is -0.820. The Bertz CT molecular complexity index is 431. The molecule has 1 aliphatic rings. The third kappa shape index (κ3) is 3.58. The minimum atomic E-state index is -0.124. The van der Waals surface area contributed by atoms with E-state index in [1.54, 1.807) is 12.1 Å². The number of phenols is 1. The summed E-state index contributed by atoms with van der Waals surface area (Å²) in [5.41, 5.74) is 0.509. The van der Waals surface area contributed by atoms with Crippen LogP contribution in [0.25, 0.3) is 0 Å². The van der Waals surface area contributed by atoms with Crippen LogP contribution in [0.2, 0.25) is 0 Å². The minimum Gasteiger partial charge on any atom is -0.507 e. The number of carbonyl (C=O) groups is 1. The molecule has 0 aliphatic carbocycles. The highest BCUT2D eigenvalue weighted by atomic mass is 127. The molecule has 2 N–H and O–H groups in total. The molecule has 1 fully saturated rings. The van der Waals surface area contributed by atoms with Gasteiger partial charge in [0, 0.05) is 18.7 Å². The lowest BCUT2D eigenvalue weighted by Crippen LogP contribution is -2.33. The Labute approximate surface area is 121 Å². The first-order valence-corrected chi connectivity index (χ1v) is 7.24. The zero-order chi connectivity index (χ0) is 13.0. The topological polar surface area (TPSA) is 52.6 Å². The molecule has 1 aromatic carbocycles. The molecular formula is C13H17IN2O2. The molecule has 0 bridgehead atoms. The van der Waals surface area contributed by atoms with Crippen molar-refractivity contribution in [3.05, 3.63) is 27.3 Å². The van der Waals surface area contributed by atoms with Crippen molar-refractivity contribution in [2.75, 3.05) is 26.2 Å². The SMILES string of the molecule is O=C(NCCN1CCCC1)c1ccc(I)c(O)c1. The van der Waals surface area contributed by atoms with Gasteiger partial charge in [0.15, 0.2) is 0 Å². The van der Waals surface area contributed by atoms with Gasteiger partial charge in [-0.1, -0.05) is 0 Å². The van der Waals surface area contributed by atoms with Crippen molar-refractivity contribution < 1.29 is 9.90 Å². The Morgan fingerprint density at radius 3 is 2.78 bits per heavy atom. The summed E-state index contributed by atoms with van der Waals surface area (Å²) in [6, 6.07) is 4.98. The first-order valence-electron chi connectivity index (χ1n) is 6.16. The van der Waals surface area contributed by atoms with Gasteiger partial charge in [-0.15, -0.1) is 0 Å². The maximum Gasteiger partial charge on any atom is 0.251 e. The lowest BCUT2D eigenvalue weighted by Gasteiger charge is -2.14. The van der Waals surface area contributed by atoms with Crippen LogP contribution in [0.15, 0.2) is 18.2 Å². The van der Waals surface area contributed by atoms with Crippen LogP contribution in [0.5, 0.6) is 5.75 Å². The molecule has 0 radical (unpaired) electrons. The number of nitrogens with zero attached hydrogens (tertiary/aromatic N) is 1. The molecule has 0 atom stereocenters. The maximum atomic E-state index is 11.8. The molecule has 4 nitrogen and oxygen atoms in total. The average Bonchev–Trinajstić information content (AvgIpc) is 2.85. The lowest BCUT2D eigenvalue weighted by molar-refractivity contribution is 0.0949. The van der Waals surface area contributed by atoms with Gasteiger partial charge in [-0.3, -0.25) is 4.79 Å². The monoisotopic (exact) mass is 360 g/mol. The normalized spacial score (nSPS) is 15.8. The van der Waals surface area contributed by atoms with E-state index in [4.69, 9.17) is 0 Å². The Morgan fingerprint density at radius 2 is 2.11 bits per heavy atom. The summed E-state index contributed by atoms with van der Waals surface area (Å²) in [5, 5.41) is 12.4. The molecule has 5 heteroatoms. The molecule has 1 amide bonds. The second-order valence-corrected chi connectivity index (χ2v) is 5.63. The van der Waals surface area contributed by atoms with Crippen LogP contribution in [0.1, 0.15) is 23.2 Å². The largest absolute Gasteiger partial charge is 0.507 e. The second kappa shape index (κ2) is 6.38. The summed E-state index contributed by atoms with van der Waals surface area (Å²) in [6.45, 7) is 3.84. The fourth-order valence-corrected chi connectivity index (χ4v) is 2.43. The van der Waals surface area contributed by atoms with Gasteiger partial charge in [-0.25, -0.2) is 0 Å². The standard InChI is InChI=1S/C13H17IN2O2/c14-11-4-3-10(9-12(11)17)13(18)15-5-8-16-6-1-2-7-16/h3-4,9,17H,1-2,5-8H2,(H,15,18). The highest BCUT2D eigenvalue weighted by molar-refractivity contribution is 14.1. The summed E-state index contributed by atoms with van der Waals surface area (Å²) in [5.74, 6) is 0.0312. The van der Waals surface area contributed by atoms with E-state index in [2.05, 4.69) is 10.2 Å². The number of hydrogen-bond donors (Lipinski definition) is 2. The molecule has 1 heterocycles. The van der Waals surface area contributed by atoms with E-state index in [0.29, 0.717) is 12.1 Å². The molecule has 0 aromatic heterocycles. The number of benzene rings is 1. The lowest BCUT2D eigenvalue weighted by atomic mass is 10.2. The van der Waals surface area contributed by atoms with Gasteiger partial charge >= 0.3 is 0 Å². The summed E-state index contributed by atoms with van der Waals surface area (Å²) < 4.78 is 0.751. The predicted octanol–water partition coefficient (Wildman–Crippen LogP) is 1.82. The van der Waals surface area contributed by atoms with E-state index in [0.717, 1.165) is 23.2 Å². The van der Waals surface area contributed by atoms with Crippen LogP contribution in [0.4, 0.5) is 0 Å². The highest BCUT2D eigenvalue weighted by Crippen LogP contribution is 2.20. The van der Waals surface area contributed by atoms with Crippen molar-refractivity contribution in [1.29, 1.82) is 0 Å². The number of amides is 1. The van der Waals surface area contributed by atoms with Gasteiger partial charge < -0.3 is 15.3 Å². The fourth-order valence-electron chi connectivity index (χ4n) is 2.09. The van der Waals surface area contributed by atoms with E-state index >= 15 is 0 Å². The number of likely N-dealkylation sites (tertiary alicyclic amines) is 1. The van der Waals surface area contributed by atoms with Crippen LogP contribution < -0.4 is 5.32 Å². The van der Waals surface area contributed by atoms with E-state index in [-0.39, 0.29) is 11.7 Å². The van der Waals surface area contributed by atoms with Crippen LogP contribution in [-0.2, 0) is 0 Å². The first kappa shape index (κ1) is 13.6. The average molecular weight is 360 g/mol. The summed E-state index contributed by atoms with van der Waals surface area (Å²) in [7, 11) is 0. The Morgan fingerprint density at radius 1 is 1.39 bits per heavy atom. The number of halogens is 1. The number of rotatable bonds is 4. The van der Waals surface area contributed by atoms with Crippen LogP contribution in [0, 0.1) is 3.57 Å². The van der Waals surface area contributed by atoms with Gasteiger partial charge in [0.05, 0.1) is 3.57 Å². The number of hydrogen-bond acceptors (Lipinski definition) is 3. The van der Waals surface area contributed by atoms with E-state index in [1.807, 2.05) is 22.6 Å². The number of aromatic hydroxyl groups is 1. The highest BCUT2D eigenvalue weighted by Gasteiger charge is 2.12. The van der Waals surface area contributed by atoms with Crippen molar-refractivity contribution in [1.82, 2.24) is 10.2 Å². The first-order chi connectivity index (χ1) is 8.66. The van der Waals surface area contributed by atoms with Crippen molar-refractivity contribution in [2.45, 2.75) is 12.8 Å². The summed E-state index contributed by atoms with van der Waals surface area (Å²) in [4.78, 5) is 14.2. The second-order valence-electron chi connectivity index (χ2n) is 4.47. The van der Waals surface area contributed by atoms with Crippen molar-refractivity contribution >= 4 is 28.5 Å². The van der Waals surface area contributed by atoms with Gasteiger partial charge in [0.25, 0.3) is 5.91 Å². The molecule has 0 saturated carbocycles. The fraction of sp³-hybridized carbons (Fsp3) is 0.462. The summed E-state index contributed by atoms with van der Waals surface area (Å²) in [6.07, 6.45) is 2.53. The molecule has 1 aromatic rings. The molecule has 1 aliphatic heterocycles. The van der Waals surface area contributed by atoms with Crippen LogP contribution >= 0.6 is 22.6 Å². The van der Waals surface area contributed by atoms with Crippen LogP contribution in [-0.4, -0.2) is 42.1 Å². The van der Waals surface area contributed by atoms with E-state index < -0.39 is 0 Å². The molecule has 18 heavy (non-hydrogen) atoms. The predicted molar refractivity (Wildman–Crippen MR) is 78.8 cm³/mol. The van der Waals surface area contributed by atoms with Crippen molar-refractivity contribution in [3.63, 3.8) is 0 Å². The van der Waals surface area contributed by atoms with Crippen LogP contribution in [0.3, 0.4) is 0 Å². The minimum absolute atomic E-state index is 0.124. The molecular weight excluding hydrogens is 343 g/mol. The molecule has 98 valence electrons. The third-order valence-electron chi connectivity index (χ3n) is 3.12. The third-order valence-corrected chi connectivity index (χ3v) is 4.03. The van der Waals surface area contributed by atoms with Crippen molar-refractivity contribution in [3.8, 4) is 5.75 Å². The zero-order valence-electron chi connectivity index (χ0n) is 10.2. The van der Waals surface area contributed by atoms with Crippen molar-refractivity contribution in [2.24, 2.45) is 0 Å². The number of carbonyl (C=O) groups excluding carboxylic acids is 1. The van der Waals surface area contributed by atoms with Gasteiger partial charge in [-0.05, 0) is 66.7 Å². The van der Waals surface area contributed by atoms with E-state index in [1.165, 1.54) is 18.9 Å². The van der Waals surface area contributed by atoms with E-state index in [9.17, 15) is 9.90 Å². The quantitative estimate of drug-likeness (QED) is 0.806. The van der Waals surface area contributed by atoms with Gasteiger partial charge in [0.1, 0.15) is 5.75 Å². The maximum absolute atomic E-state index is 11.8. The van der Waals surface area contributed by atoms with Gasteiger partial charge in [-0.2, -0.15) is 0 Å². The molecule has 2 rings (SSSR count). The summed E-state index contributed by atoms with van der Waals surface area (Å²) >= 11 is 2.03. The zero-order valence-corrected chi connectivity index (χ0v) is 12.3. The molecule has 0 unspecified atom stereocenters. The number of nitrogens with one attached hydrogen (secondary N) is 1. The Balaban J connectivity index is 1.81. The van der Waals surface area contributed by atoms with Gasteiger partial charge in [0.2, 0.25) is 0 Å². The smallest absolute Gasteiger partial charge is 0.251 e. The number of phenolic OH excluding ortho intramolecular Hbond substituents is 1.